The quantitative estimate of drug-likeness (QED) is 0.639. The molecule has 0 aliphatic heterocycles. The highest BCUT2D eigenvalue weighted by Crippen LogP contribution is 2.33. The van der Waals surface area contributed by atoms with Crippen LogP contribution >= 0.6 is 22.9 Å². The van der Waals surface area contributed by atoms with Crippen molar-refractivity contribution in [3.8, 4) is 5.75 Å². The van der Waals surface area contributed by atoms with Gasteiger partial charge in [0, 0.05) is 24.2 Å². The Kier molecular flexibility index (Phi) is 5.57. The summed E-state index contributed by atoms with van der Waals surface area (Å²) < 4.78 is 15.5. The molecule has 146 valence electrons. The maximum Gasteiger partial charge on any atom is 0.351 e. The number of hydrogen-bond donors (Lipinski definition) is 1. The van der Waals surface area contributed by atoms with Crippen molar-refractivity contribution in [1.29, 1.82) is 0 Å². The summed E-state index contributed by atoms with van der Waals surface area (Å²) in [5.74, 6) is -0.348. The highest BCUT2D eigenvalue weighted by Gasteiger charge is 2.19. The number of benzene rings is 1. The number of nitrogens with one attached hydrogen (secondary N) is 1. The molecule has 0 spiro atoms. The standard InChI is InChI=1S/C18H15ClN2O6S/c1-21(11-5-4-9(19)6-12(11)25-2)18(24)20-15-8-13-14(28-15)7-10(16(22)26-3)17(23)27-13/h4-8H,1-3H3,(H,20,24). The molecule has 3 aromatic rings. The van der Waals surface area contributed by atoms with Crippen LogP contribution in [0.15, 0.2) is 39.5 Å². The second-order valence-electron chi connectivity index (χ2n) is 5.58. The van der Waals surface area contributed by atoms with Crippen molar-refractivity contribution >= 4 is 55.9 Å². The molecule has 0 atom stereocenters. The number of halogens is 1. The molecule has 0 saturated heterocycles. The number of thiophene rings is 1. The van der Waals surface area contributed by atoms with Gasteiger partial charge in [-0.2, -0.15) is 0 Å². The number of nitrogens with zero attached hydrogens (tertiary/aromatic N) is 1. The monoisotopic (exact) mass is 422 g/mol. The smallest absolute Gasteiger partial charge is 0.351 e. The van der Waals surface area contributed by atoms with Gasteiger partial charge in [0.05, 0.1) is 24.6 Å². The first-order valence-corrected chi connectivity index (χ1v) is 9.07. The molecule has 0 aliphatic rings. The van der Waals surface area contributed by atoms with Gasteiger partial charge in [-0.3, -0.25) is 10.2 Å². The van der Waals surface area contributed by atoms with Gasteiger partial charge in [0.1, 0.15) is 16.3 Å². The summed E-state index contributed by atoms with van der Waals surface area (Å²) in [6, 6.07) is 7.34. The van der Waals surface area contributed by atoms with Crippen LogP contribution in [-0.4, -0.2) is 33.3 Å². The van der Waals surface area contributed by atoms with E-state index in [1.807, 2.05) is 0 Å². The fourth-order valence-electron chi connectivity index (χ4n) is 2.45. The zero-order valence-corrected chi connectivity index (χ0v) is 16.6. The first kappa shape index (κ1) is 19.7. The van der Waals surface area contributed by atoms with Gasteiger partial charge in [-0.05, 0) is 18.2 Å². The van der Waals surface area contributed by atoms with Crippen LogP contribution < -0.4 is 20.6 Å². The summed E-state index contributed by atoms with van der Waals surface area (Å²) in [6.45, 7) is 0. The number of esters is 1. The van der Waals surface area contributed by atoms with Crippen LogP contribution in [0.4, 0.5) is 15.5 Å². The van der Waals surface area contributed by atoms with Crippen molar-refractivity contribution in [3.05, 3.63) is 51.3 Å². The molecule has 10 heteroatoms. The van der Waals surface area contributed by atoms with Gasteiger partial charge in [0.25, 0.3) is 0 Å². The van der Waals surface area contributed by atoms with Gasteiger partial charge in [0.2, 0.25) is 0 Å². The Bertz CT molecular complexity index is 1120. The van der Waals surface area contributed by atoms with E-state index in [1.165, 1.54) is 31.3 Å². The van der Waals surface area contributed by atoms with E-state index in [1.54, 1.807) is 25.2 Å². The molecule has 0 saturated carbocycles. The minimum atomic E-state index is -0.807. The molecule has 0 bridgehead atoms. The van der Waals surface area contributed by atoms with E-state index in [4.69, 9.17) is 20.8 Å². The topological polar surface area (TPSA) is 98.1 Å². The minimum Gasteiger partial charge on any atom is -0.495 e. The zero-order valence-electron chi connectivity index (χ0n) is 15.1. The van der Waals surface area contributed by atoms with Gasteiger partial charge >= 0.3 is 17.6 Å². The Morgan fingerprint density at radius 1 is 1.21 bits per heavy atom. The predicted molar refractivity (Wildman–Crippen MR) is 107 cm³/mol. The molecular formula is C18H15ClN2O6S. The molecular weight excluding hydrogens is 408 g/mol. The number of anilines is 2. The van der Waals surface area contributed by atoms with Gasteiger partial charge in [-0.15, -0.1) is 11.3 Å². The van der Waals surface area contributed by atoms with Crippen molar-refractivity contribution < 1.29 is 23.5 Å². The molecule has 1 N–H and O–H groups in total. The number of ether oxygens (including phenoxy) is 2. The second-order valence-corrected chi connectivity index (χ2v) is 7.10. The maximum atomic E-state index is 12.6. The Morgan fingerprint density at radius 3 is 2.64 bits per heavy atom. The van der Waals surface area contributed by atoms with Crippen molar-refractivity contribution in [3.63, 3.8) is 0 Å². The summed E-state index contributed by atoms with van der Waals surface area (Å²) in [6.07, 6.45) is 0. The van der Waals surface area contributed by atoms with Crippen LogP contribution in [0.25, 0.3) is 10.3 Å². The van der Waals surface area contributed by atoms with Gasteiger partial charge < -0.3 is 13.9 Å². The van der Waals surface area contributed by atoms with E-state index in [9.17, 15) is 14.4 Å². The van der Waals surface area contributed by atoms with Crippen molar-refractivity contribution in [1.82, 2.24) is 0 Å². The highest BCUT2D eigenvalue weighted by molar-refractivity contribution is 7.22. The van der Waals surface area contributed by atoms with Crippen LogP contribution in [0.2, 0.25) is 5.02 Å². The summed E-state index contributed by atoms with van der Waals surface area (Å²) >= 11 is 7.10. The average Bonchev–Trinajstić information content (AvgIpc) is 3.06. The Morgan fingerprint density at radius 2 is 1.96 bits per heavy atom. The molecule has 0 fully saturated rings. The van der Waals surface area contributed by atoms with Crippen LogP contribution in [0, 0.1) is 0 Å². The van der Waals surface area contributed by atoms with E-state index in [-0.39, 0.29) is 11.1 Å². The molecule has 2 amide bonds. The highest BCUT2D eigenvalue weighted by atomic mass is 35.5. The van der Waals surface area contributed by atoms with E-state index < -0.39 is 17.6 Å². The number of amides is 2. The van der Waals surface area contributed by atoms with Crippen molar-refractivity contribution in [2.24, 2.45) is 0 Å². The maximum absolute atomic E-state index is 12.6. The lowest BCUT2D eigenvalue weighted by atomic mass is 10.2. The molecule has 0 unspecified atom stereocenters. The fourth-order valence-corrected chi connectivity index (χ4v) is 3.54. The van der Waals surface area contributed by atoms with Crippen LogP contribution in [0.3, 0.4) is 0 Å². The Balaban J connectivity index is 1.87. The zero-order chi connectivity index (χ0) is 20.4. The van der Waals surface area contributed by atoms with Crippen molar-refractivity contribution in [2.75, 3.05) is 31.5 Å². The number of carbonyl (C=O) groups excluding carboxylic acids is 2. The van der Waals surface area contributed by atoms with Crippen LogP contribution in [-0.2, 0) is 4.74 Å². The number of urea groups is 1. The number of fused-ring (bicyclic) bond motifs is 1. The molecule has 28 heavy (non-hydrogen) atoms. The van der Waals surface area contributed by atoms with Crippen LogP contribution in [0.1, 0.15) is 10.4 Å². The number of carbonyl (C=O) groups is 2. The third-order valence-corrected chi connectivity index (χ3v) is 5.08. The molecule has 8 nitrogen and oxygen atoms in total. The SMILES string of the molecule is COC(=O)c1cc2sc(NC(=O)N(C)c3ccc(Cl)cc3OC)cc2oc1=O. The van der Waals surface area contributed by atoms with E-state index >= 15 is 0 Å². The lowest BCUT2D eigenvalue weighted by Crippen LogP contribution is -2.31. The third kappa shape index (κ3) is 3.80. The molecule has 0 radical (unpaired) electrons. The Labute approximate surface area is 168 Å². The lowest BCUT2D eigenvalue weighted by Gasteiger charge is -2.20. The molecule has 2 heterocycles. The summed E-state index contributed by atoms with van der Waals surface area (Å²) in [7, 11) is 4.23. The van der Waals surface area contributed by atoms with E-state index in [0.717, 1.165) is 11.3 Å². The fraction of sp³-hybridized carbons (Fsp3) is 0.167. The first-order chi connectivity index (χ1) is 13.3. The number of rotatable bonds is 4. The second kappa shape index (κ2) is 7.91. The molecule has 1 aromatic carbocycles. The number of hydrogen-bond acceptors (Lipinski definition) is 7. The number of methoxy groups -OCH3 is 2. The minimum absolute atomic E-state index is 0.210. The molecule has 2 aromatic heterocycles. The normalized spacial score (nSPS) is 10.6. The third-order valence-electron chi connectivity index (χ3n) is 3.87. The summed E-state index contributed by atoms with van der Waals surface area (Å²) in [5.41, 5.74) is -0.245. The average molecular weight is 423 g/mol. The molecule has 3 rings (SSSR count). The predicted octanol–water partition coefficient (Wildman–Crippen LogP) is 3.97. The first-order valence-electron chi connectivity index (χ1n) is 7.88. The Hall–Kier alpha value is -3.04. The summed E-state index contributed by atoms with van der Waals surface area (Å²) in [5, 5.41) is 3.63. The largest absolute Gasteiger partial charge is 0.495 e. The van der Waals surface area contributed by atoms with Crippen molar-refractivity contribution in [2.45, 2.75) is 0 Å². The van der Waals surface area contributed by atoms with Crippen LogP contribution in [0.5, 0.6) is 5.75 Å². The van der Waals surface area contributed by atoms with E-state index in [0.29, 0.717) is 26.2 Å². The summed E-state index contributed by atoms with van der Waals surface area (Å²) in [4.78, 5) is 37.4. The lowest BCUT2D eigenvalue weighted by molar-refractivity contribution is 0.0596. The molecule has 0 aliphatic carbocycles. The van der Waals surface area contributed by atoms with Gasteiger partial charge in [-0.1, -0.05) is 11.6 Å². The van der Waals surface area contributed by atoms with Gasteiger partial charge in [-0.25, -0.2) is 14.4 Å². The van der Waals surface area contributed by atoms with Gasteiger partial charge in [0.15, 0.2) is 5.58 Å². The van der Waals surface area contributed by atoms with E-state index in [2.05, 4.69) is 10.1 Å².